The summed E-state index contributed by atoms with van der Waals surface area (Å²) in [7, 11) is 0. The smallest absolute Gasteiger partial charge is 0.331 e. The highest BCUT2D eigenvalue weighted by atomic mass is 16.4. The average Bonchev–Trinajstić information content (AvgIpc) is 2.03. The highest BCUT2D eigenvalue weighted by Crippen LogP contribution is 2.49. The van der Waals surface area contributed by atoms with E-state index >= 15 is 0 Å². The van der Waals surface area contributed by atoms with Gasteiger partial charge in [-0.15, -0.1) is 0 Å². The van der Waals surface area contributed by atoms with Crippen LogP contribution in [0.2, 0.25) is 0 Å². The van der Waals surface area contributed by atoms with Gasteiger partial charge in [0.25, 0.3) is 0 Å². The number of rotatable bonds is 1. The Bertz CT molecular complexity index is 362. The van der Waals surface area contributed by atoms with Crippen molar-refractivity contribution in [2.45, 2.75) is 0 Å². The molecule has 4 unspecified atom stereocenters. The molecular weight excluding hydrogens is 164 g/mol. The summed E-state index contributed by atoms with van der Waals surface area (Å²) >= 11 is 0. The Labute approximate surface area is 76.3 Å². The van der Waals surface area contributed by atoms with E-state index in [1.165, 1.54) is 0 Å². The van der Waals surface area contributed by atoms with Gasteiger partial charge in [0, 0.05) is 17.4 Å². The summed E-state index contributed by atoms with van der Waals surface area (Å²) in [5.41, 5.74) is 0.595. The Morgan fingerprint density at radius 2 is 1.92 bits per heavy atom. The molecule has 2 bridgehead atoms. The van der Waals surface area contributed by atoms with E-state index < -0.39 is 5.97 Å². The van der Waals surface area contributed by atoms with Gasteiger partial charge in [0.2, 0.25) is 0 Å². The van der Waals surface area contributed by atoms with Crippen LogP contribution in [0.4, 0.5) is 0 Å². The minimum atomic E-state index is -0.752. The molecule has 0 aromatic heterocycles. The van der Waals surface area contributed by atoms with Crippen LogP contribution in [0.25, 0.3) is 0 Å². The fraction of sp³-hybridized carbons (Fsp3) is 0.364. The van der Waals surface area contributed by atoms with Crippen LogP contribution in [-0.2, 0) is 4.79 Å². The lowest BCUT2D eigenvalue weighted by molar-refractivity contribution is -0.133. The molecule has 0 fully saturated rings. The zero-order chi connectivity index (χ0) is 9.00. The van der Waals surface area contributed by atoms with Crippen molar-refractivity contribution in [3.63, 3.8) is 0 Å². The van der Waals surface area contributed by atoms with Gasteiger partial charge >= 0.3 is 5.97 Å². The highest BCUT2D eigenvalue weighted by molar-refractivity contribution is 5.88. The Balaban J connectivity index is 2.05. The van der Waals surface area contributed by atoms with Gasteiger partial charge < -0.3 is 5.11 Å². The van der Waals surface area contributed by atoms with Crippen molar-refractivity contribution < 1.29 is 9.90 Å². The van der Waals surface area contributed by atoms with Gasteiger partial charge in [-0.1, -0.05) is 30.4 Å². The van der Waals surface area contributed by atoms with E-state index in [2.05, 4.69) is 24.3 Å². The fourth-order valence-corrected chi connectivity index (χ4v) is 2.63. The predicted octanol–water partition coefficient (Wildman–Crippen LogP) is 1.62. The number of carbonyl (C=O) groups is 1. The number of hydrogen-bond acceptors (Lipinski definition) is 1. The van der Waals surface area contributed by atoms with Crippen molar-refractivity contribution >= 4 is 5.97 Å². The number of allylic oxidation sites excluding steroid dienone is 5. The normalized spacial score (nSPS) is 43.8. The maximum Gasteiger partial charge on any atom is 0.331 e. The molecule has 0 radical (unpaired) electrons. The Kier molecular flexibility index (Phi) is 1.17. The van der Waals surface area contributed by atoms with Crippen LogP contribution in [0.3, 0.4) is 0 Å². The van der Waals surface area contributed by atoms with Gasteiger partial charge in [-0.05, 0) is 11.8 Å². The second-order valence-electron chi connectivity index (χ2n) is 3.95. The first-order chi connectivity index (χ1) is 6.27. The first-order valence-electron chi connectivity index (χ1n) is 4.59. The first kappa shape index (κ1) is 7.13. The molecule has 0 spiro atoms. The van der Waals surface area contributed by atoms with E-state index in [1.807, 2.05) is 6.08 Å². The number of carboxylic acids is 1. The molecule has 0 aromatic rings. The van der Waals surface area contributed by atoms with E-state index in [0.29, 0.717) is 23.3 Å². The lowest BCUT2D eigenvalue weighted by Crippen LogP contribution is -2.40. The van der Waals surface area contributed by atoms with Crippen molar-refractivity contribution in [1.29, 1.82) is 0 Å². The molecule has 0 saturated carbocycles. The monoisotopic (exact) mass is 174 g/mol. The van der Waals surface area contributed by atoms with Crippen molar-refractivity contribution in [2.75, 3.05) is 0 Å². The third-order valence-electron chi connectivity index (χ3n) is 3.38. The van der Waals surface area contributed by atoms with E-state index in [9.17, 15) is 4.79 Å². The maximum atomic E-state index is 10.9. The van der Waals surface area contributed by atoms with Gasteiger partial charge in [-0.25, -0.2) is 4.79 Å². The Morgan fingerprint density at radius 3 is 2.46 bits per heavy atom. The minimum Gasteiger partial charge on any atom is -0.478 e. The summed E-state index contributed by atoms with van der Waals surface area (Å²) in [5, 5.41) is 8.96. The molecule has 4 atom stereocenters. The van der Waals surface area contributed by atoms with E-state index in [4.69, 9.17) is 5.11 Å². The van der Waals surface area contributed by atoms with E-state index in [-0.39, 0.29) is 5.92 Å². The quantitative estimate of drug-likeness (QED) is 0.613. The van der Waals surface area contributed by atoms with Gasteiger partial charge in [0.15, 0.2) is 0 Å². The molecule has 13 heavy (non-hydrogen) atoms. The summed E-state index contributed by atoms with van der Waals surface area (Å²) in [6, 6.07) is 0. The topological polar surface area (TPSA) is 37.3 Å². The van der Waals surface area contributed by atoms with Crippen LogP contribution < -0.4 is 0 Å². The van der Waals surface area contributed by atoms with Crippen molar-refractivity contribution in [3.05, 3.63) is 36.0 Å². The second-order valence-corrected chi connectivity index (χ2v) is 3.95. The van der Waals surface area contributed by atoms with Crippen LogP contribution in [0.15, 0.2) is 36.0 Å². The molecule has 2 nitrogen and oxygen atoms in total. The van der Waals surface area contributed by atoms with Crippen LogP contribution in [0.5, 0.6) is 0 Å². The average molecular weight is 174 g/mol. The Hall–Kier alpha value is -1.31. The molecule has 0 aliphatic heterocycles. The summed E-state index contributed by atoms with van der Waals surface area (Å²) in [6.45, 7) is 0. The van der Waals surface area contributed by atoms with E-state index in [0.717, 1.165) is 0 Å². The van der Waals surface area contributed by atoms with Gasteiger partial charge in [-0.3, -0.25) is 0 Å². The lowest BCUT2D eigenvalue weighted by Gasteiger charge is -2.45. The molecule has 0 heterocycles. The molecule has 1 N–H and O–H groups in total. The minimum absolute atomic E-state index is 0.137. The number of carboxylic acid groups (broad SMARTS) is 1. The summed E-state index contributed by atoms with van der Waals surface area (Å²) in [6.07, 6.45) is 10.4. The molecule has 4 aliphatic carbocycles. The first-order valence-corrected chi connectivity index (χ1v) is 4.59. The third-order valence-corrected chi connectivity index (χ3v) is 3.38. The Morgan fingerprint density at radius 1 is 1.15 bits per heavy atom. The van der Waals surface area contributed by atoms with Crippen LogP contribution in [-0.4, -0.2) is 11.1 Å². The molecule has 0 aromatic carbocycles. The number of aliphatic carboxylic acids is 1. The van der Waals surface area contributed by atoms with Gasteiger partial charge in [-0.2, -0.15) is 0 Å². The van der Waals surface area contributed by atoms with Crippen LogP contribution in [0.1, 0.15) is 0 Å². The van der Waals surface area contributed by atoms with Crippen molar-refractivity contribution in [3.8, 4) is 0 Å². The molecule has 2 heteroatoms. The molecule has 0 amide bonds. The molecule has 66 valence electrons. The zero-order valence-electron chi connectivity index (χ0n) is 7.05. The SMILES string of the molecule is O=C(O)C1=CC2C=CC1C1C=CC21. The van der Waals surface area contributed by atoms with Crippen LogP contribution in [0, 0.1) is 23.7 Å². The maximum absolute atomic E-state index is 10.9. The van der Waals surface area contributed by atoms with E-state index in [1.54, 1.807) is 0 Å². The molecular formula is C11H10O2. The molecule has 4 aliphatic rings. The van der Waals surface area contributed by atoms with Crippen molar-refractivity contribution in [1.82, 2.24) is 0 Å². The number of hydrogen-bond donors (Lipinski definition) is 1. The lowest BCUT2D eigenvalue weighted by atomic mass is 9.58. The van der Waals surface area contributed by atoms with Gasteiger partial charge in [0.05, 0.1) is 0 Å². The standard InChI is InChI=1S/C11H10O2/c12-11(13)10-5-6-1-2-9(10)8-4-3-7(6)8/h1-9H,(H,12,13). The highest BCUT2D eigenvalue weighted by Gasteiger charge is 2.44. The summed E-state index contributed by atoms with van der Waals surface area (Å²) < 4.78 is 0. The molecule has 4 rings (SSSR count). The predicted molar refractivity (Wildman–Crippen MR) is 48.0 cm³/mol. The largest absolute Gasteiger partial charge is 0.478 e. The fourth-order valence-electron chi connectivity index (χ4n) is 2.63. The third kappa shape index (κ3) is 0.755. The van der Waals surface area contributed by atoms with Crippen molar-refractivity contribution in [2.24, 2.45) is 23.7 Å². The van der Waals surface area contributed by atoms with Gasteiger partial charge in [0.1, 0.15) is 0 Å². The second kappa shape index (κ2) is 2.13. The zero-order valence-corrected chi connectivity index (χ0v) is 7.05. The molecule has 0 saturated heterocycles. The van der Waals surface area contributed by atoms with Crippen LogP contribution >= 0.6 is 0 Å². The summed E-state index contributed by atoms with van der Waals surface area (Å²) in [5.74, 6) is 0.769. The summed E-state index contributed by atoms with van der Waals surface area (Å²) in [4.78, 5) is 10.9.